The number of nitrogens with two attached hydrogens (primary N) is 1. The van der Waals surface area contributed by atoms with Gasteiger partial charge in [0.15, 0.2) is 0 Å². The van der Waals surface area contributed by atoms with Crippen molar-refractivity contribution < 1.29 is 9.18 Å². The van der Waals surface area contributed by atoms with Crippen LogP contribution in [0, 0.1) is 11.7 Å². The number of hydrogen-bond donors (Lipinski definition) is 2. The molecule has 1 fully saturated rings. The van der Waals surface area contributed by atoms with E-state index in [-0.39, 0.29) is 17.3 Å². The second kappa shape index (κ2) is 4.97. The average molecular weight is 315 g/mol. The largest absolute Gasteiger partial charge is 0.345 e. The summed E-state index contributed by atoms with van der Waals surface area (Å²) in [6, 6.07) is 4.03. The van der Waals surface area contributed by atoms with Gasteiger partial charge in [0.2, 0.25) is 0 Å². The third-order valence-corrected chi connectivity index (χ3v) is 4.13. The van der Waals surface area contributed by atoms with Crippen molar-refractivity contribution in [2.45, 2.75) is 25.3 Å². The van der Waals surface area contributed by atoms with E-state index in [4.69, 9.17) is 5.73 Å². The first kappa shape index (κ1) is 13.5. The van der Waals surface area contributed by atoms with Gasteiger partial charge in [0.25, 0.3) is 5.91 Å². The molecular formula is C13H16BrFN2O. The zero-order chi connectivity index (χ0) is 13.3. The van der Waals surface area contributed by atoms with E-state index in [1.807, 2.05) is 6.92 Å². The normalized spacial score (nSPS) is 18.2. The van der Waals surface area contributed by atoms with E-state index in [1.54, 1.807) is 0 Å². The second-order valence-electron chi connectivity index (χ2n) is 4.97. The standard InChI is InChI=1S/C13H16BrFN2O/c1-13(7-16,8-2-3-8)17-12(18)10-5-4-9(15)6-11(10)14/h4-6,8H,2-3,7,16H2,1H3,(H,17,18). The van der Waals surface area contributed by atoms with Crippen LogP contribution in [-0.2, 0) is 0 Å². The lowest BCUT2D eigenvalue weighted by Crippen LogP contribution is -2.53. The van der Waals surface area contributed by atoms with Gasteiger partial charge in [-0.3, -0.25) is 4.79 Å². The molecule has 0 aromatic heterocycles. The van der Waals surface area contributed by atoms with Crippen molar-refractivity contribution in [2.75, 3.05) is 6.54 Å². The van der Waals surface area contributed by atoms with Crippen LogP contribution in [0.2, 0.25) is 0 Å². The molecule has 0 saturated heterocycles. The predicted octanol–water partition coefficient (Wildman–Crippen LogP) is 2.45. The Kier molecular flexibility index (Phi) is 3.73. The zero-order valence-corrected chi connectivity index (χ0v) is 11.8. The van der Waals surface area contributed by atoms with E-state index >= 15 is 0 Å². The summed E-state index contributed by atoms with van der Waals surface area (Å²) in [4.78, 5) is 12.2. The monoisotopic (exact) mass is 314 g/mol. The van der Waals surface area contributed by atoms with Crippen molar-refractivity contribution in [2.24, 2.45) is 11.7 Å². The predicted molar refractivity (Wildman–Crippen MR) is 71.7 cm³/mol. The lowest BCUT2D eigenvalue weighted by molar-refractivity contribution is 0.0897. The van der Waals surface area contributed by atoms with E-state index in [2.05, 4.69) is 21.2 Å². The summed E-state index contributed by atoms with van der Waals surface area (Å²) in [5.74, 6) is -0.144. The van der Waals surface area contributed by atoms with Gasteiger partial charge in [0.1, 0.15) is 5.82 Å². The molecule has 1 atom stereocenters. The van der Waals surface area contributed by atoms with Gasteiger partial charge in [-0.2, -0.15) is 0 Å². The summed E-state index contributed by atoms with van der Waals surface area (Å²) < 4.78 is 13.4. The Morgan fingerprint density at radius 3 is 2.78 bits per heavy atom. The van der Waals surface area contributed by atoms with Crippen LogP contribution in [-0.4, -0.2) is 18.0 Å². The van der Waals surface area contributed by atoms with Gasteiger partial charge >= 0.3 is 0 Å². The van der Waals surface area contributed by atoms with Gasteiger partial charge in [-0.05, 0) is 59.8 Å². The summed E-state index contributed by atoms with van der Waals surface area (Å²) in [5, 5.41) is 2.97. The first-order valence-electron chi connectivity index (χ1n) is 5.94. The van der Waals surface area contributed by atoms with Crippen molar-refractivity contribution in [3.8, 4) is 0 Å². The van der Waals surface area contributed by atoms with Crippen molar-refractivity contribution in [3.63, 3.8) is 0 Å². The highest BCUT2D eigenvalue weighted by Crippen LogP contribution is 2.39. The third kappa shape index (κ3) is 2.72. The van der Waals surface area contributed by atoms with Crippen LogP contribution in [0.1, 0.15) is 30.1 Å². The Morgan fingerprint density at radius 2 is 2.28 bits per heavy atom. The van der Waals surface area contributed by atoms with Gasteiger partial charge in [-0.1, -0.05) is 0 Å². The van der Waals surface area contributed by atoms with E-state index < -0.39 is 0 Å². The number of nitrogens with one attached hydrogen (secondary N) is 1. The lowest BCUT2D eigenvalue weighted by Gasteiger charge is -2.29. The minimum atomic E-state index is -0.373. The zero-order valence-electron chi connectivity index (χ0n) is 10.2. The highest BCUT2D eigenvalue weighted by molar-refractivity contribution is 9.10. The van der Waals surface area contributed by atoms with Gasteiger partial charge in [-0.15, -0.1) is 0 Å². The van der Waals surface area contributed by atoms with Crippen LogP contribution in [0.25, 0.3) is 0 Å². The average Bonchev–Trinajstić information content (AvgIpc) is 3.12. The van der Waals surface area contributed by atoms with E-state index in [1.165, 1.54) is 18.2 Å². The number of carbonyl (C=O) groups excluding carboxylic acids is 1. The van der Waals surface area contributed by atoms with Crippen molar-refractivity contribution >= 4 is 21.8 Å². The number of hydrogen-bond acceptors (Lipinski definition) is 2. The summed E-state index contributed by atoms with van der Waals surface area (Å²) in [6.45, 7) is 2.36. The Labute approximate surface area is 114 Å². The van der Waals surface area contributed by atoms with Gasteiger partial charge in [-0.25, -0.2) is 4.39 Å². The van der Waals surface area contributed by atoms with Crippen LogP contribution in [0.4, 0.5) is 4.39 Å². The number of amides is 1. The van der Waals surface area contributed by atoms with Crippen LogP contribution in [0.3, 0.4) is 0 Å². The molecule has 3 N–H and O–H groups in total. The smallest absolute Gasteiger partial charge is 0.252 e. The number of rotatable bonds is 4. The number of halogens is 2. The molecule has 1 aliphatic carbocycles. The molecule has 1 aliphatic rings. The summed E-state index contributed by atoms with van der Waals surface area (Å²) in [6.07, 6.45) is 2.19. The molecule has 1 aromatic rings. The molecule has 5 heteroatoms. The number of carbonyl (C=O) groups is 1. The highest BCUT2D eigenvalue weighted by atomic mass is 79.9. The first-order valence-corrected chi connectivity index (χ1v) is 6.73. The molecule has 1 amide bonds. The van der Waals surface area contributed by atoms with Crippen molar-refractivity contribution in [1.82, 2.24) is 5.32 Å². The fraction of sp³-hybridized carbons (Fsp3) is 0.462. The molecule has 3 nitrogen and oxygen atoms in total. The summed E-state index contributed by atoms with van der Waals surface area (Å²) in [5.41, 5.74) is 5.81. The molecule has 0 aliphatic heterocycles. The fourth-order valence-electron chi connectivity index (χ4n) is 2.04. The SMILES string of the molecule is CC(CN)(NC(=O)c1ccc(F)cc1Br)C1CC1. The van der Waals surface area contributed by atoms with Gasteiger partial charge in [0.05, 0.1) is 11.1 Å². The van der Waals surface area contributed by atoms with E-state index in [9.17, 15) is 9.18 Å². The molecule has 98 valence electrons. The maximum absolute atomic E-state index is 13.0. The maximum Gasteiger partial charge on any atom is 0.252 e. The Bertz CT molecular complexity index is 476. The first-order chi connectivity index (χ1) is 8.46. The topological polar surface area (TPSA) is 55.1 Å². The van der Waals surface area contributed by atoms with Crippen LogP contribution in [0.5, 0.6) is 0 Å². The van der Waals surface area contributed by atoms with Crippen LogP contribution < -0.4 is 11.1 Å². The molecule has 1 aromatic carbocycles. The molecule has 1 unspecified atom stereocenters. The van der Waals surface area contributed by atoms with Crippen LogP contribution in [0.15, 0.2) is 22.7 Å². The Hall–Kier alpha value is -0.940. The molecule has 0 heterocycles. The Balaban J connectivity index is 2.16. The third-order valence-electron chi connectivity index (χ3n) is 3.48. The molecule has 0 radical (unpaired) electrons. The molecule has 1 saturated carbocycles. The summed E-state index contributed by atoms with van der Waals surface area (Å²) in [7, 11) is 0. The Morgan fingerprint density at radius 1 is 1.61 bits per heavy atom. The molecule has 0 spiro atoms. The number of benzene rings is 1. The second-order valence-corrected chi connectivity index (χ2v) is 5.83. The van der Waals surface area contributed by atoms with Crippen molar-refractivity contribution in [3.05, 3.63) is 34.1 Å². The van der Waals surface area contributed by atoms with Gasteiger partial charge in [0, 0.05) is 11.0 Å². The lowest BCUT2D eigenvalue weighted by atomic mass is 9.95. The molecule has 2 rings (SSSR count). The minimum absolute atomic E-state index is 0.221. The highest BCUT2D eigenvalue weighted by Gasteiger charge is 2.41. The maximum atomic E-state index is 13.0. The quantitative estimate of drug-likeness (QED) is 0.897. The van der Waals surface area contributed by atoms with Gasteiger partial charge < -0.3 is 11.1 Å². The molecule has 0 bridgehead atoms. The van der Waals surface area contributed by atoms with Crippen LogP contribution >= 0.6 is 15.9 Å². The fourth-order valence-corrected chi connectivity index (χ4v) is 2.57. The van der Waals surface area contributed by atoms with Crippen molar-refractivity contribution in [1.29, 1.82) is 0 Å². The minimum Gasteiger partial charge on any atom is -0.345 e. The molecular weight excluding hydrogens is 299 g/mol. The summed E-state index contributed by atoms with van der Waals surface area (Å²) >= 11 is 3.20. The molecule has 18 heavy (non-hydrogen) atoms. The van der Waals surface area contributed by atoms with E-state index in [0.29, 0.717) is 22.5 Å². The van der Waals surface area contributed by atoms with E-state index in [0.717, 1.165) is 12.8 Å².